The summed E-state index contributed by atoms with van der Waals surface area (Å²) in [5.41, 5.74) is 3.99. The molecule has 10 rings (SSSR count). The van der Waals surface area contributed by atoms with Crippen LogP contribution in [0.1, 0.15) is 104 Å². The summed E-state index contributed by atoms with van der Waals surface area (Å²) < 4.78 is 24.2. The number of unbranched alkanes of at least 4 members (excludes halogenated alkanes) is 2. The lowest BCUT2D eigenvalue weighted by molar-refractivity contribution is -0.137. The maximum atomic E-state index is 14.5. The number of alkyl halides is 1. The number of carbonyl (C=O) groups is 9. The van der Waals surface area contributed by atoms with Crippen LogP contribution in [0.3, 0.4) is 0 Å². The molecule has 23 nitrogen and oxygen atoms in total. The Morgan fingerprint density at radius 3 is 2.15 bits per heavy atom. The van der Waals surface area contributed by atoms with Gasteiger partial charge >= 0.3 is 12.2 Å². The van der Waals surface area contributed by atoms with E-state index in [4.69, 9.17) is 30.5 Å². The van der Waals surface area contributed by atoms with Gasteiger partial charge in [-0.25, -0.2) is 14.5 Å². The van der Waals surface area contributed by atoms with Gasteiger partial charge in [0.2, 0.25) is 23.6 Å². The van der Waals surface area contributed by atoms with Crippen LogP contribution in [0.4, 0.5) is 26.7 Å². The lowest BCUT2D eigenvalue weighted by Gasteiger charge is -2.38. The second kappa shape index (κ2) is 29.5. The second-order valence-corrected chi connectivity index (χ2v) is 24.6. The van der Waals surface area contributed by atoms with Gasteiger partial charge in [-0.3, -0.25) is 38.5 Å². The smallest absolute Gasteiger partial charge is 0.416 e. The Morgan fingerprint density at radius 2 is 1.43 bits per heavy atom. The zero-order chi connectivity index (χ0) is 65.3. The predicted octanol–water partition coefficient (Wildman–Crippen LogP) is 7.62. The fraction of sp³-hybridized carbons (Fsp3) is 0.426. The monoisotopic (exact) mass is 1280 g/mol. The highest BCUT2D eigenvalue weighted by Crippen LogP contribution is 2.46. The van der Waals surface area contributed by atoms with Crippen molar-refractivity contribution < 1.29 is 67.2 Å². The maximum absolute atomic E-state index is 14.5. The molecule has 4 N–H and O–H groups in total. The SMILES string of the molecule is COc1cc2c(cc1OCc1cccc(CC(=O)N3C[C@@H](CCl)c4c3cc(OC(=O)N3CCN(C)CC3)c3ccccc43)c1)N(C(=O)OCc1ccc(NC(=O)[C@H](C)NC(=O)[C@@H](NC(=O)CCCCCN3C(=O)C=CC3=O)C(C)C)cc1)C(O)[C@@H]1CCCCN1C2=O. The third-order valence-electron chi connectivity index (χ3n) is 17.5. The number of hydrogen-bond acceptors (Lipinski definition) is 15. The van der Waals surface area contributed by atoms with Crippen molar-refractivity contribution in [1.82, 2.24) is 30.2 Å². The fourth-order valence-corrected chi connectivity index (χ4v) is 12.6. The number of carbonyl (C=O) groups excluding carboxylic acids is 9. The number of amides is 9. The molecule has 5 aromatic carbocycles. The Balaban J connectivity index is 0.770. The van der Waals surface area contributed by atoms with Gasteiger partial charge in [-0.15, -0.1) is 11.6 Å². The van der Waals surface area contributed by atoms with Crippen molar-refractivity contribution in [2.24, 2.45) is 5.92 Å². The molecule has 486 valence electrons. The molecule has 9 amide bonds. The van der Waals surface area contributed by atoms with Gasteiger partial charge in [0.1, 0.15) is 31.0 Å². The Labute approximate surface area is 538 Å². The summed E-state index contributed by atoms with van der Waals surface area (Å²) in [6, 6.07) is 23.6. The number of benzene rings is 5. The van der Waals surface area contributed by atoms with Crippen molar-refractivity contribution in [3.05, 3.63) is 131 Å². The molecule has 0 aliphatic carbocycles. The highest BCUT2D eigenvalue weighted by atomic mass is 35.5. The number of likely N-dealkylation sites (N-methyl/N-ethyl adjacent to an activating group) is 1. The van der Waals surface area contributed by atoms with Crippen LogP contribution in [0.2, 0.25) is 0 Å². The zero-order valence-corrected chi connectivity index (χ0v) is 53.1. The molecule has 92 heavy (non-hydrogen) atoms. The van der Waals surface area contributed by atoms with E-state index in [1.807, 2.05) is 55.6 Å². The summed E-state index contributed by atoms with van der Waals surface area (Å²) in [7, 11) is 3.45. The number of rotatable bonds is 22. The van der Waals surface area contributed by atoms with Crippen molar-refractivity contribution in [2.75, 3.05) is 81.0 Å². The number of imide groups is 1. The molecule has 0 radical (unpaired) electrons. The van der Waals surface area contributed by atoms with Crippen LogP contribution in [-0.4, -0.2) is 168 Å². The molecule has 5 atom stereocenters. The molecule has 5 aliphatic heterocycles. The first-order chi connectivity index (χ1) is 44.3. The number of nitrogens with one attached hydrogen (secondary N) is 3. The predicted molar refractivity (Wildman–Crippen MR) is 343 cm³/mol. The molecule has 5 heterocycles. The van der Waals surface area contributed by atoms with Crippen molar-refractivity contribution in [3.63, 3.8) is 0 Å². The summed E-state index contributed by atoms with van der Waals surface area (Å²) in [5.74, 6) is -2.21. The number of fused-ring (bicyclic) bond motifs is 5. The van der Waals surface area contributed by atoms with Gasteiger partial charge in [-0.05, 0) is 97.8 Å². The average molecular weight is 1280 g/mol. The van der Waals surface area contributed by atoms with Crippen LogP contribution >= 0.6 is 11.6 Å². The Morgan fingerprint density at radius 1 is 0.717 bits per heavy atom. The number of anilines is 3. The zero-order valence-electron chi connectivity index (χ0n) is 52.3. The summed E-state index contributed by atoms with van der Waals surface area (Å²) in [5, 5.41) is 21.9. The van der Waals surface area contributed by atoms with E-state index in [9.17, 15) is 48.3 Å². The molecule has 5 aliphatic rings. The molecule has 0 spiro atoms. The molecular formula is C68H78ClN9O14. The van der Waals surface area contributed by atoms with E-state index in [1.54, 1.807) is 58.9 Å². The highest BCUT2D eigenvalue weighted by Gasteiger charge is 2.45. The van der Waals surface area contributed by atoms with Crippen molar-refractivity contribution in [2.45, 2.75) is 116 Å². The minimum absolute atomic E-state index is 0.0219. The van der Waals surface area contributed by atoms with E-state index < -0.39 is 54.3 Å². The Kier molecular flexibility index (Phi) is 21.1. The highest BCUT2D eigenvalue weighted by molar-refractivity contribution is 6.19. The van der Waals surface area contributed by atoms with Gasteiger partial charge in [-0.2, -0.15) is 0 Å². The first-order valence-corrected chi connectivity index (χ1v) is 31.8. The van der Waals surface area contributed by atoms with Crippen LogP contribution < -0.4 is 40.0 Å². The molecular weight excluding hydrogens is 1200 g/mol. The summed E-state index contributed by atoms with van der Waals surface area (Å²) in [4.78, 5) is 129. The Bertz CT molecular complexity index is 3650. The first kappa shape index (κ1) is 65.9. The number of piperazine rings is 1. The van der Waals surface area contributed by atoms with Gasteiger partial charge in [-0.1, -0.05) is 80.9 Å². The third-order valence-corrected chi connectivity index (χ3v) is 17.9. The lowest BCUT2D eigenvalue weighted by atomic mass is 9.95. The van der Waals surface area contributed by atoms with Crippen molar-refractivity contribution in [3.8, 4) is 17.2 Å². The number of piperidine rings is 1. The van der Waals surface area contributed by atoms with Gasteiger partial charge < -0.3 is 59.6 Å². The van der Waals surface area contributed by atoms with Crippen LogP contribution in [0, 0.1) is 5.92 Å². The molecule has 1 unspecified atom stereocenters. The molecule has 5 aromatic rings. The molecule has 0 bridgehead atoms. The van der Waals surface area contributed by atoms with Crippen LogP contribution in [0.15, 0.2) is 103 Å². The Hall–Kier alpha value is -9.06. The summed E-state index contributed by atoms with van der Waals surface area (Å²) in [6.45, 7) is 8.26. The number of hydrogen-bond donors (Lipinski definition) is 4. The number of ether oxygens (including phenoxy) is 4. The van der Waals surface area contributed by atoms with Gasteiger partial charge in [0.15, 0.2) is 17.7 Å². The number of aliphatic hydroxyl groups excluding tert-OH is 1. The van der Waals surface area contributed by atoms with Gasteiger partial charge in [0.25, 0.3) is 17.7 Å². The second-order valence-electron chi connectivity index (χ2n) is 24.3. The molecule has 0 aromatic heterocycles. The lowest BCUT2D eigenvalue weighted by Crippen LogP contribution is -2.55. The standard InChI is InChI=1S/C68H78ClN9O14/c1-41(2)62(72-57(79)19-7-6-11-27-76-58(80)24-25-59(76)81)64(84)70-42(3)63(83)71-47-22-20-43(21-23-47)39-91-68(88)78-52-35-56(55(89-5)34-50(52)65(85)75-26-12-10-18-51(75)66(78)86)90-40-45-15-13-14-44(32-45)33-60(82)77-38-46(37-69)61-49-17-9-8-16-48(49)54(36-53(61)77)92-67(87)74-30-28-73(4)29-31-74/h8-9,13-17,20-25,32,34-36,41-42,46,51,62,66,86H,6-7,10-12,18-19,26-31,33,37-40H2,1-5H3,(H,70,84)(H,71,83)(H,72,79)/t42-,46+,51-,62-,66?/m0/s1. The van der Waals surface area contributed by atoms with Crippen LogP contribution in [0.5, 0.6) is 17.2 Å². The molecule has 2 saturated heterocycles. The molecule has 2 fully saturated rings. The van der Waals surface area contributed by atoms with E-state index in [2.05, 4.69) is 20.9 Å². The minimum Gasteiger partial charge on any atom is -0.493 e. The summed E-state index contributed by atoms with van der Waals surface area (Å²) >= 11 is 6.61. The first-order valence-electron chi connectivity index (χ1n) is 31.3. The van der Waals surface area contributed by atoms with E-state index in [1.165, 1.54) is 38.3 Å². The van der Waals surface area contributed by atoms with Gasteiger partial charge in [0.05, 0.1) is 36.5 Å². The fourth-order valence-electron chi connectivity index (χ4n) is 12.3. The largest absolute Gasteiger partial charge is 0.493 e. The number of nitrogens with zero attached hydrogens (tertiary/aromatic N) is 6. The topological polar surface area (TPSA) is 266 Å². The number of halogens is 1. The maximum Gasteiger partial charge on any atom is 0.416 e. The van der Waals surface area contributed by atoms with E-state index in [-0.39, 0.29) is 96.7 Å². The van der Waals surface area contributed by atoms with Crippen LogP contribution in [-0.2, 0) is 53.1 Å². The number of methoxy groups -OCH3 is 1. The third kappa shape index (κ3) is 15.0. The van der Waals surface area contributed by atoms with Gasteiger partial charge in [0, 0.05) is 99.4 Å². The van der Waals surface area contributed by atoms with Crippen LogP contribution in [0.25, 0.3) is 10.8 Å². The quantitative estimate of drug-likeness (QED) is 0.0295. The van der Waals surface area contributed by atoms with E-state index in [0.29, 0.717) is 98.5 Å². The molecule has 0 saturated carbocycles. The normalized spacial score (nSPS) is 18.6. The molecule has 24 heteroatoms. The van der Waals surface area contributed by atoms with E-state index >= 15 is 0 Å². The van der Waals surface area contributed by atoms with E-state index in [0.717, 1.165) is 39.2 Å². The minimum atomic E-state index is -1.51. The van der Waals surface area contributed by atoms with Crippen molar-refractivity contribution >= 4 is 93.0 Å². The van der Waals surface area contributed by atoms with Crippen molar-refractivity contribution in [1.29, 1.82) is 0 Å². The average Bonchev–Trinajstić information content (AvgIpc) is 1.58. The summed E-state index contributed by atoms with van der Waals surface area (Å²) in [6.07, 6.45) is 3.14. The number of aliphatic hydroxyl groups is 1.